The molecule has 0 N–H and O–H groups in total. The van der Waals surface area contributed by atoms with Crippen molar-refractivity contribution in [3.8, 4) is 0 Å². The van der Waals surface area contributed by atoms with Crippen LogP contribution in [0.4, 0.5) is 0 Å². The Morgan fingerprint density at radius 2 is 1.94 bits per heavy atom. The number of hydrogen-bond acceptors (Lipinski definition) is 0. The smallest absolute Gasteiger partial charge is 0.0294 e. The highest BCUT2D eigenvalue weighted by Gasteiger charge is 2.50. The van der Waals surface area contributed by atoms with Gasteiger partial charge in [0.05, 0.1) is 0 Å². The van der Waals surface area contributed by atoms with Gasteiger partial charge in [0.1, 0.15) is 0 Å². The van der Waals surface area contributed by atoms with Gasteiger partial charge in [-0.3, -0.25) is 0 Å². The minimum Gasteiger partial charge on any atom is -0.0654 e. The molecule has 0 spiro atoms. The van der Waals surface area contributed by atoms with E-state index >= 15 is 0 Å². The molecule has 2 aliphatic rings. The van der Waals surface area contributed by atoms with Gasteiger partial charge in [0.2, 0.25) is 0 Å². The fraction of sp³-hybridized carbons (Fsp3) is 1.00. The van der Waals surface area contributed by atoms with Crippen LogP contribution in [0.5, 0.6) is 0 Å². The van der Waals surface area contributed by atoms with Crippen molar-refractivity contribution in [1.82, 2.24) is 0 Å². The average Bonchev–Trinajstić information content (AvgIpc) is 2.89. The third-order valence-electron chi connectivity index (χ3n) is 5.23. The van der Waals surface area contributed by atoms with E-state index in [1.54, 1.807) is 19.3 Å². The van der Waals surface area contributed by atoms with Crippen LogP contribution >= 0.6 is 0 Å². The molecule has 16 heavy (non-hydrogen) atoms. The molecule has 3 atom stereocenters. The first-order valence-corrected chi connectivity index (χ1v) is 7.74. The van der Waals surface area contributed by atoms with E-state index in [1.807, 2.05) is 0 Å². The molecule has 2 aliphatic carbocycles. The highest BCUT2D eigenvalue weighted by molar-refractivity contribution is 5.00. The number of rotatable bonds is 6. The van der Waals surface area contributed by atoms with Gasteiger partial charge in [-0.1, -0.05) is 65.2 Å². The largest absolute Gasteiger partial charge is 0.0654 e. The summed E-state index contributed by atoms with van der Waals surface area (Å²) in [4.78, 5) is 0. The Bertz CT molecular complexity index is 208. The molecule has 2 fully saturated rings. The average molecular weight is 222 g/mol. The summed E-state index contributed by atoms with van der Waals surface area (Å²) in [5.41, 5.74) is 0.803. The Labute approximate surface area is 102 Å². The molecule has 0 aromatic carbocycles. The Balaban J connectivity index is 1.59. The molecule has 0 amide bonds. The van der Waals surface area contributed by atoms with Gasteiger partial charge in [-0.15, -0.1) is 0 Å². The van der Waals surface area contributed by atoms with Gasteiger partial charge >= 0.3 is 0 Å². The predicted molar refractivity (Wildman–Crippen MR) is 71.5 cm³/mol. The Morgan fingerprint density at radius 1 is 1.12 bits per heavy atom. The van der Waals surface area contributed by atoms with Crippen LogP contribution < -0.4 is 0 Å². The summed E-state index contributed by atoms with van der Waals surface area (Å²) in [6.45, 7) is 4.83. The minimum absolute atomic E-state index is 0.803. The topological polar surface area (TPSA) is 0 Å². The second-order valence-corrected chi connectivity index (χ2v) is 6.75. The molecule has 0 heteroatoms. The lowest BCUT2D eigenvalue weighted by Crippen LogP contribution is -2.00. The van der Waals surface area contributed by atoms with Crippen LogP contribution in [0.3, 0.4) is 0 Å². The zero-order valence-corrected chi connectivity index (χ0v) is 11.4. The van der Waals surface area contributed by atoms with E-state index in [1.165, 1.54) is 51.4 Å². The van der Waals surface area contributed by atoms with Gasteiger partial charge < -0.3 is 0 Å². The minimum atomic E-state index is 0.803. The quantitative estimate of drug-likeness (QED) is 0.516. The lowest BCUT2D eigenvalue weighted by molar-refractivity contribution is 0.385. The number of unbranched alkanes of at least 4 members (excludes halogenated alkanes) is 4. The number of fused-ring (bicyclic) bond motifs is 1. The molecule has 94 valence electrons. The van der Waals surface area contributed by atoms with Crippen molar-refractivity contribution < 1.29 is 0 Å². The van der Waals surface area contributed by atoms with Gasteiger partial charge in [-0.2, -0.15) is 0 Å². The molecule has 0 heterocycles. The summed E-state index contributed by atoms with van der Waals surface area (Å²) in [6.07, 6.45) is 16.6. The van der Waals surface area contributed by atoms with E-state index in [-0.39, 0.29) is 0 Å². The van der Waals surface area contributed by atoms with Crippen LogP contribution in [0, 0.1) is 17.3 Å². The summed E-state index contributed by atoms with van der Waals surface area (Å²) in [5.74, 6) is 2.21. The van der Waals surface area contributed by atoms with E-state index in [0.29, 0.717) is 0 Å². The van der Waals surface area contributed by atoms with Crippen molar-refractivity contribution in [2.45, 2.75) is 84.5 Å². The van der Waals surface area contributed by atoms with Crippen LogP contribution in [-0.2, 0) is 0 Å². The molecule has 2 saturated carbocycles. The summed E-state index contributed by atoms with van der Waals surface area (Å²) >= 11 is 0. The standard InChI is InChI=1S/C16H30/c1-3-4-5-6-7-9-14-10-8-11-16(2)13-15(16)12-14/h14-15H,3-13H2,1-2H3. The molecule has 3 unspecified atom stereocenters. The SMILES string of the molecule is CCCCCCCC1CCCC2(C)CC2C1. The summed E-state index contributed by atoms with van der Waals surface area (Å²) in [5, 5.41) is 0. The van der Waals surface area contributed by atoms with Crippen molar-refractivity contribution >= 4 is 0 Å². The van der Waals surface area contributed by atoms with E-state index in [2.05, 4.69) is 13.8 Å². The lowest BCUT2D eigenvalue weighted by Gasteiger charge is -2.14. The van der Waals surface area contributed by atoms with Crippen molar-refractivity contribution in [2.24, 2.45) is 17.3 Å². The van der Waals surface area contributed by atoms with Gasteiger partial charge in [0.15, 0.2) is 0 Å². The summed E-state index contributed by atoms with van der Waals surface area (Å²) in [7, 11) is 0. The van der Waals surface area contributed by atoms with Crippen molar-refractivity contribution in [3.05, 3.63) is 0 Å². The fourth-order valence-electron chi connectivity index (χ4n) is 3.79. The van der Waals surface area contributed by atoms with Gasteiger partial charge in [0, 0.05) is 0 Å². The van der Waals surface area contributed by atoms with E-state index in [0.717, 1.165) is 17.3 Å². The van der Waals surface area contributed by atoms with E-state index < -0.39 is 0 Å². The van der Waals surface area contributed by atoms with Crippen LogP contribution in [0.1, 0.15) is 84.5 Å². The molecule has 0 saturated heterocycles. The first-order chi connectivity index (χ1) is 7.74. The lowest BCUT2D eigenvalue weighted by atomic mass is 9.92. The third-order valence-corrected chi connectivity index (χ3v) is 5.23. The fourth-order valence-corrected chi connectivity index (χ4v) is 3.79. The molecule has 0 aromatic heterocycles. The van der Waals surface area contributed by atoms with Gasteiger partial charge in [-0.05, 0) is 36.5 Å². The van der Waals surface area contributed by atoms with Gasteiger partial charge in [-0.25, -0.2) is 0 Å². The Hall–Kier alpha value is 0. The maximum absolute atomic E-state index is 2.53. The zero-order valence-electron chi connectivity index (χ0n) is 11.4. The third kappa shape index (κ3) is 3.25. The molecule has 2 rings (SSSR count). The summed E-state index contributed by atoms with van der Waals surface area (Å²) in [6, 6.07) is 0. The molecule has 0 radical (unpaired) electrons. The first-order valence-electron chi connectivity index (χ1n) is 7.74. The van der Waals surface area contributed by atoms with Crippen LogP contribution in [0.2, 0.25) is 0 Å². The number of hydrogen-bond donors (Lipinski definition) is 0. The zero-order chi connectivity index (χ0) is 11.4. The molecular formula is C16H30. The summed E-state index contributed by atoms with van der Waals surface area (Å²) < 4.78 is 0. The van der Waals surface area contributed by atoms with Crippen LogP contribution in [-0.4, -0.2) is 0 Å². The van der Waals surface area contributed by atoms with Crippen molar-refractivity contribution in [3.63, 3.8) is 0 Å². The Kier molecular flexibility index (Phi) is 4.33. The van der Waals surface area contributed by atoms with E-state index in [9.17, 15) is 0 Å². The normalized spacial score (nSPS) is 37.9. The van der Waals surface area contributed by atoms with Crippen LogP contribution in [0.15, 0.2) is 0 Å². The maximum Gasteiger partial charge on any atom is -0.0294 e. The molecule has 0 bridgehead atoms. The first kappa shape index (κ1) is 12.5. The second kappa shape index (κ2) is 5.56. The highest BCUT2D eigenvalue weighted by atomic mass is 14.6. The van der Waals surface area contributed by atoms with Crippen molar-refractivity contribution in [2.75, 3.05) is 0 Å². The maximum atomic E-state index is 2.53. The highest BCUT2D eigenvalue weighted by Crippen LogP contribution is 2.60. The Morgan fingerprint density at radius 3 is 2.75 bits per heavy atom. The second-order valence-electron chi connectivity index (χ2n) is 6.75. The van der Waals surface area contributed by atoms with Crippen molar-refractivity contribution in [1.29, 1.82) is 0 Å². The molecule has 0 aliphatic heterocycles. The molecule has 0 nitrogen and oxygen atoms in total. The predicted octanol–water partition coefficient (Wildman–Crippen LogP) is 5.56. The van der Waals surface area contributed by atoms with E-state index in [4.69, 9.17) is 0 Å². The van der Waals surface area contributed by atoms with Crippen LogP contribution in [0.25, 0.3) is 0 Å². The molecule has 0 aromatic rings. The molecular weight excluding hydrogens is 192 g/mol. The van der Waals surface area contributed by atoms with Gasteiger partial charge in [0.25, 0.3) is 0 Å². The monoisotopic (exact) mass is 222 g/mol.